The number of rotatable bonds is 5. The van der Waals surface area contributed by atoms with Gasteiger partial charge in [0.05, 0.1) is 30.7 Å². The third-order valence-corrected chi connectivity index (χ3v) is 4.23. The zero-order chi connectivity index (χ0) is 19.3. The van der Waals surface area contributed by atoms with Crippen molar-refractivity contribution < 1.29 is 4.74 Å². The molecule has 2 aromatic heterocycles. The first-order valence-electron chi connectivity index (χ1n) is 8.68. The fourth-order valence-corrected chi connectivity index (χ4v) is 2.87. The molecule has 4 rings (SSSR count). The molecule has 2 heterocycles. The van der Waals surface area contributed by atoms with Crippen molar-refractivity contribution in [2.24, 2.45) is 0 Å². The van der Waals surface area contributed by atoms with Crippen LogP contribution in [0.4, 0.5) is 0 Å². The van der Waals surface area contributed by atoms with Crippen molar-refractivity contribution >= 4 is 0 Å². The molecule has 0 saturated carbocycles. The first-order valence-corrected chi connectivity index (χ1v) is 8.68. The Kier molecular flexibility index (Phi) is 4.72. The molecule has 6 heteroatoms. The van der Waals surface area contributed by atoms with E-state index in [0.29, 0.717) is 29.2 Å². The van der Waals surface area contributed by atoms with Crippen molar-refractivity contribution in [2.75, 3.05) is 0 Å². The number of aromatic nitrogens is 3. The predicted octanol–water partition coefficient (Wildman–Crippen LogP) is 3.75. The second-order valence-electron chi connectivity index (χ2n) is 6.19. The summed E-state index contributed by atoms with van der Waals surface area (Å²) in [4.78, 5) is 17.1. The van der Waals surface area contributed by atoms with Crippen LogP contribution in [0.25, 0.3) is 5.69 Å². The lowest BCUT2D eigenvalue weighted by atomic mass is 10.2. The summed E-state index contributed by atoms with van der Waals surface area (Å²) >= 11 is 0. The van der Waals surface area contributed by atoms with Gasteiger partial charge in [-0.25, -0.2) is 4.98 Å². The number of ether oxygens (including phenoxy) is 1. The predicted molar refractivity (Wildman–Crippen MR) is 105 cm³/mol. The Morgan fingerprint density at radius 1 is 1.04 bits per heavy atom. The molecular formula is C22H16N4O2. The van der Waals surface area contributed by atoms with Crippen LogP contribution in [-0.2, 0) is 6.54 Å². The van der Waals surface area contributed by atoms with Crippen molar-refractivity contribution in [1.29, 1.82) is 5.26 Å². The van der Waals surface area contributed by atoms with Crippen LogP contribution in [0.1, 0.15) is 11.1 Å². The van der Waals surface area contributed by atoms with E-state index in [2.05, 4.69) is 11.1 Å². The summed E-state index contributed by atoms with van der Waals surface area (Å²) in [6.07, 6.45) is 6.82. The van der Waals surface area contributed by atoms with Crippen molar-refractivity contribution in [3.05, 3.63) is 107 Å². The Bertz CT molecular complexity index is 1170. The quantitative estimate of drug-likeness (QED) is 0.538. The Hall–Kier alpha value is -4.11. The lowest BCUT2D eigenvalue weighted by Gasteiger charge is -2.13. The van der Waals surface area contributed by atoms with Crippen LogP contribution in [0, 0.1) is 11.3 Å². The number of hydrogen-bond acceptors (Lipinski definition) is 4. The van der Waals surface area contributed by atoms with Gasteiger partial charge in [-0.15, -0.1) is 0 Å². The summed E-state index contributed by atoms with van der Waals surface area (Å²) in [6.45, 7) is 0.385. The molecule has 0 amide bonds. The Balaban J connectivity index is 1.76. The van der Waals surface area contributed by atoms with Crippen LogP contribution >= 0.6 is 0 Å². The van der Waals surface area contributed by atoms with Crippen LogP contribution < -0.4 is 10.3 Å². The molecule has 0 aliphatic rings. The summed E-state index contributed by atoms with van der Waals surface area (Å²) in [5.74, 6) is 1.12. The largest absolute Gasteiger partial charge is 0.456 e. The second kappa shape index (κ2) is 7.64. The van der Waals surface area contributed by atoms with E-state index in [0.717, 1.165) is 5.69 Å². The summed E-state index contributed by atoms with van der Waals surface area (Å²) in [7, 11) is 0. The SMILES string of the molecule is N#Cc1ccc(Oc2cc(Cn3ccnc3)c(=O)n(-c3ccccc3)c2)cc1. The van der Waals surface area contributed by atoms with E-state index in [1.54, 1.807) is 59.8 Å². The summed E-state index contributed by atoms with van der Waals surface area (Å²) < 4.78 is 9.37. The molecule has 136 valence electrons. The van der Waals surface area contributed by atoms with Crippen LogP contribution in [0.2, 0.25) is 0 Å². The van der Waals surface area contributed by atoms with E-state index in [4.69, 9.17) is 10.00 Å². The number of benzene rings is 2. The lowest BCUT2D eigenvalue weighted by Crippen LogP contribution is -2.23. The zero-order valence-corrected chi connectivity index (χ0v) is 14.9. The van der Waals surface area contributed by atoms with E-state index in [1.807, 2.05) is 34.9 Å². The van der Waals surface area contributed by atoms with Crippen LogP contribution in [-0.4, -0.2) is 14.1 Å². The van der Waals surface area contributed by atoms with E-state index >= 15 is 0 Å². The number of imidazole rings is 1. The molecule has 4 aromatic rings. The molecule has 0 radical (unpaired) electrons. The molecule has 6 nitrogen and oxygen atoms in total. The molecule has 0 spiro atoms. The standard InChI is InChI=1S/C22H16N4O2/c23-13-17-6-8-20(9-7-17)28-21-12-18(14-25-11-10-24-16-25)22(27)26(15-21)19-4-2-1-3-5-19/h1-12,15-16H,14H2. The topological polar surface area (TPSA) is 72.8 Å². The van der Waals surface area contributed by atoms with Gasteiger partial charge in [0.1, 0.15) is 11.5 Å². The van der Waals surface area contributed by atoms with Gasteiger partial charge in [0.25, 0.3) is 5.56 Å². The first kappa shape index (κ1) is 17.3. The maximum atomic E-state index is 13.0. The third-order valence-electron chi connectivity index (χ3n) is 4.23. The molecule has 0 bridgehead atoms. The fourth-order valence-electron chi connectivity index (χ4n) is 2.87. The third kappa shape index (κ3) is 3.69. The van der Waals surface area contributed by atoms with Gasteiger partial charge < -0.3 is 9.30 Å². The van der Waals surface area contributed by atoms with Crippen molar-refractivity contribution in [2.45, 2.75) is 6.54 Å². The average molecular weight is 368 g/mol. The molecule has 0 atom stereocenters. The highest BCUT2D eigenvalue weighted by Crippen LogP contribution is 2.23. The molecule has 0 aliphatic carbocycles. The van der Waals surface area contributed by atoms with Crippen molar-refractivity contribution in [1.82, 2.24) is 14.1 Å². The van der Waals surface area contributed by atoms with Gasteiger partial charge in [-0.2, -0.15) is 5.26 Å². The van der Waals surface area contributed by atoms with Crippen LogP contribution in [0.5, 0.6) is 11.5 Å². The van der Waals surface area contributed by atoms with Gasteiger partial charge in [0.2, 0.25) is 0 Å². The molecule has 0 aliphatic heterocycles. The van der Waals surface area contributed by atoms with Gasteiger partial charge in [-0.3, -0.25) is 9.36 Å². The molecule has 0 saturated heterocycles. The minimum absolute atomic E-state index is 0.118. The molecule has 0 N–H and O–H groups in total. The Morgan fingerprint density at radius 2 is 1.82 bits per heavy atom. The smallest absolute Gasteiger partial charge is 0.260 e. The van der Waals surface area contributed by atoms with Gasteiger partial charge in [-0.05, 0) is 42.5 Å². The maximum Gasteiger partial charge on any atom is 0.260 e. The average Bonchev–Trinajstić information content (AvgIpc) is 3.24. The molecule has 0 fully saturated rings. The lowest BCUT2D eigenvalue weighted by molar-refractivity contribution is 0.476. The number of hydrogen-bond donors (Lipinski definition) is 0. The Morgan fingerprint density at radius 3 is 2.50 bits per heavy atom. The Labute approximate surface area is 161 Å². The minimum atomic E-state index is -0.118. The normalized spacial score (nSPS) is 10.4. The monoisotopic (exact) mass is 368 g/mol. The van der Waals surface area contributed by atoms with Crippen molar-refractivity contribution in [3.63, 3.8) is 0 Å². The number of pyridine rings is 1. The van der Waals surface area contributed by atoms with Gasteiger partial charge in [-0.1, -0.05) is 18.2 Å². The van der Waals surface area contributed by atoms with Crippen LogP contribution in [0.3, 0.4) is 0 Å². The highest BCUT2D eigenvalue weighted by molar-refractivity contribution is 5.40. The maximum absolute atomic E-state index is 13.0. The second-order valence-corrected chi connectivity index (χ2v) is 6.19. The first-order chi connectivity index (χ1) is 13.7. The number of nitrogens with zero attached hydrogens (tertiary/aromatic N) is 4. The minimum Gasteiger partial charge on any atom is -0.456 e. The van der Waals surface area contributed by atoms with Gasteiger partial charge in [0.15, 0.2) is 0 Å². The van der Waals surface area contributed by atoms with E-state index in [9.17, 15) is 4.79 Å². The summed E-state index contributed by atoms with van der Waals surface area (Å²) in [5.41, 5.74) is 1.77. The summed E-state index contributed by atoms with van der Waals surface area (Å²) in [5, 5.41) is 8.93. The molecular weight excluding hydrogens is 352 g/mol. The highest BCUT2D eigenvalue weighted by atomic mass is 16.5. The van der Waals surface area contributed by atoms with E-state index in [-0.39, 0.29) is 5.56 Å². The number of nitriles is 1. The van der Waals surface area contributed by atoms with Crippen molar-refractivity contribution in [3.8, 4) is 23.3 Å². The molecule has 2 aromatic carbocycles. The van der Waals surface area contributed by atoms with E-state index < -0.39 is 0 Å². The van der Waals surface area contributed by atoms with Gasteiger partial charge in [0, 0.05) is 23.6 Å². The fraction of sp³-hybridized carbons (Fsp3) is 0.0455. The molecule has 28 heavy (non-hydrogen) atoms. The zero-order valence-electron chi connectivity index (χ0n) is 14.9. The summed E-state index contributed by atoms with van der Waals surface area (Å²) in [6, 6.07) is 20.1. The van der Waals surface area contributed by atoms with E-state index in [1.165, 1.54) is 0 Å². The van der Waals surface area contributed by atoms with Crippen LogP contribution in [0.15, 0.2) is 90.4 Å². The highest BCUT2D eigenvalue weighted by Gasteiger charge is 2.11. The molecule has 0 unspecified atom stereocenters. The number of para-hydroxylation sites is 1. The van der Waals surface area contributed by atoms with Gasteiger partial charge >= 0.3 is 0 Å².